The number of carbonyl (C=O) groups is 1. The van der Waals surface area contributed by atoms with E-state index < -0.39 is 20.5 Å². The second kappa shape index (κ2) is 6.07. The Kier molecular flexibility index (Phi) is 4.58. The molecule has 5 nitrogen and oxygen atoms in total. The smallest absolute Gasteiger partial charge is 0.339 e. The number of halogens is 2. The molecule has 8 heteroatoms. The predicted octanol–water partition coefficient (Wildman–Crippen LogP) is 1.25. The zero-order valence-corrected chi connectivity index (χ0v) is 12.0. The van der Waals surface area contributed by atoms with Crippen LogP contribution >= 0.6 is 0 Å². The van der Waals surface area contributed by atoms with Gasteiger partial charge in [0.1, 0.15) is 0 Å². The van der Waals surface area contributed by atoms with Crippen molar-refractivity contribution in [2.24, 2.45) is 5.73 Å². The summed E-state index contributed by atoms with van der Waals surface area (Å²) in [4.78, 5) is 13.3. The second-order valence-corrected chi connectivity index (χ2v) is 6.88. The summed E-state index contributed by atoms with van der Waals surface area (Å²) in [5, 5.41) is 0. The lowest BCUT2D eigenvalue weighted by Gasteiger charge is -2.30. The highest BCUT2D eigenvalue weighted by molar-refractivity contribution is 7.91. The number of hydrogen-bond donors (Lipinski definition) is 1. The lowest BCUT2D eigenvalue weighted by molar-refractivity contribution is 0.0714. The van der Waals surface area contributed by atoms with Crippen LogP contribution in [0.4, 0.5) is 8.78 Å². The fourth-order valence-electron chi connectivity index (χ4n) is 2.18. The van der Waals surface area contributed by atoms with E-state index in [-0.39, 0.29) is 17.5 Å². The van der Waals surface area contributed by atoms with Crippen LogP contribution < -0.4 is 5.73 Å². The molecule has 116 valence electrons. The normalized spacial score (nSPS) is 17.2. The number of likely N-dealkylation sites (tertiary alicyclic amines) is 1. The molecule has 0 bridgehead atoms. The van der Waals surface area contributed by atoms with Crippen molar-refractivity contribution in [3.8, 4) is 0 Å². The Labute approximate surface area is 121 Å². The predicted molar refractivity (Wildman–Crippen MR) is 72.7 cm³/mol. The van der Waals surface area contributed by atoms with Crippen molar-refractivity contribution >= 4 is 15.7 Å². The van der Waals surface area contributed by atoms with E-state index in [0.717, 1.165) is 12.1 Å². The lowest BCUT2D eigenvalue weighted by atomic mass is 10.1. The van der Waals surface area contributed by atoms with Gasteiger partial charge in [-0.15, -0.1) is 0 Å². The highest BCUT2D eigenvalue weighted by atomic mass is 32.2. The van der Waals surface area contributed by atoms with E-state index in [0.29, 0.717) is 25.9 Å². The van der Waals surface area contributed by atoms with Crippen molar-refractivity contribution in [2.45, 2.75) is 29.5 Å². The van der Waals surface area contributed by atoms with Gasteiger partial charge in [0, 0.05) is 24.7 Å². The van der Waals surface area contributed by atoms with Crippen molar-refractivity contribution < 1.29 is 22.0 Å². The third-order valence-electron chi connectivity index (χ3n) is 3.49. The highest BCUT2D eigenvalue weighted by Crippen LogP contribution is 2.20. The molecule has 1 heterocycles. The SMILES string of the molecule is NC1CCN(C(=O)c2ccc(S(=O)(=O)C(F)F)cc2)CC1. The van der Waals surface area contributed by atoms with E-state index in [1.165, 1.54) is 12.1 Å². The number of rotatable bonds is 3. The summed E-state index contributed by atoms with van der Waals surface area (Å²) in [6, 6.07) is 4.67. The number of sulfone groups is 1. The van der Waals surface area contributed by atoms with Crippen LogP contribution in [0.15, 0.2) is 29.2 Å². The van der Waals surface area contributed by atoms with Gasteiger partial charge in [0.15, 0.2) is 0 Å². The topological polar surface area (TPSA) is 80.5 Å². The molecular weight excluding hydrogens is 302 g/mol. The molecule has 1 aromatic carbocycles. The standard InChI is InChI=1S/C13H16F2N2O3S/c14-13(15)21(19,20)11-3-1-9(2-4-11)12(18)17-7-5-10(16)6-8-17/h1-4,10,13H,5-8,16H2. The summed E-state index contributed by atoms with van der Waals surface area (Å²) in [5.74, 6) is -3.72. The lowest BCUT2D eigenvalue weighted by Crippen LogP contribution is -2.42. The number of piperidine rings is 1. The maximum Gasteiger partial charge on any atom is 0.341 e. The van der Waals surface area contributed by atoms with Crippen LogP contribution in [0.5, 0.6) is 0 Å². The number of alkyl halides is 2. The largest absolute Gasteiger partial charge is 0.341 e. The first-order valence-electron chi connectivity index (χ1n) is 6.49. The Bertz CT molecular complexity index is 609. The molecule has 1 saturated heterocycles. The number of carbonyl (C=O) groups excluding carboxylic acids is 1. The van der Waals surface area contributed by atoms with E-state index in [4.69, 9.17) is 5.73 Å². The molecule has 0 unspecified atom stereocenters. The van der Waals surface area contributed by atoms with Crippen LogP contribution in [0.2, 0.25) is 0 Å². The van der Waals surface area contributed by atoms with Gasteiger partial charge in [-0.1, -0.05) is 0 Å². The first kappa shape index (κ1) is 15.8. The monoisotopic (exact) mass is 318 g/mol. The minimum Gasteiger partial charge on any atom is -0.339 e. The molecule has 1 aliphatic rings. The number of benzene rings is 1. The first-order valence-corrected chi connectivity index (χ1v) is 8.04. The van der Waals surface area contributed by atoms with E-state index >= 15 is 0 Å². The summed E-state index contributed by atoms with van der Waals surface area (Å²) < 4.78 is 47.4. The molecule has 1 amide bonds. The fourth-order valence-corrected chi connectivity index (χ4v) is 2.90. The van der Waals surface area contributed by atoms with E-state index in [9.17, 15) is 22.0 Å². The molecule has 21 heavy (non-hydrogen) atoms. The van der Waals surface area contributed by atoms with Gasteiger partial charge in [-0.25, -0.2) is 8.42 Å². The molecule has 0 aromatic heterocycles. The molecule has 1 aromatic rings. The van der Waals surface area contributed by atoms with E-state index in [1.807, 2.05) is 0 Å². The number of nitrogens with two attached hydrogens (primary N) is 1. The average molecular weight is 318 g/mol. The van der Waals surface area contributed by atoms with Crippen LogP contribution in [-0.4, -0.2) is 44.1 Å². The summed E-state index contributed by atoms with van der Waals surface area (Å²) in [6.45, 7) is 1.08. The van der Waals surface area contributed by atoms with E-state index in [1.54, 1.807) is 4.90 Å². The molecule has 1 aliphatic heterocycles. The maximum atomic E-state index is 12.4. The van der Waals surface area contributed by atoms with Crippen LogP contribution in [0, 0.1) is 0 Å². The summed E-state index contributed by atoms with van der Waals surface area (Å²) in [7, 11) is -4.63. The molecular formula is C13H16F2N2O3S. The van der Waals surface area contributed by atoms with Gasteiger partial charge in [-0.05, 0) is 37.1 Å². The fraction of sp³-hybridized carbons (Fsp3) is 0.462. The van der Waals surface area contributed by atoms with Crippen molar-refractivity contribution in [1.82, 2.24) is 4.90 Å². The zero-order valence-electron chi connectivity index (χ0n) is 11.2. The van der Waals surface area contributed by atoms with Crippen LogP contribution in [0.3, 0.4) is 0 Å². The number of nitrogens with zero attached hydrogens (tertiary/aromatic N) is 1. The molecule has 0 saturated carbocycles. The Morgan fingerprint density at radius 1 is 1.19 bits per heavy atom. The Morgan fingerprint density at radius 3 is 2.19 bits per heavy atom. The highest BCUT2D eigenvalue weighted by Gasteiger charge is 2.27. The number of amides is 1. The summed E-state index contributed by atoms with van der Waals surface area (Å²) >= 11 is 0. The minimum absolute atomic E-state index is 0.0904. The van der Waals surface area contributed by atoms with Crippen molar-refractivity contribution in [3.05, 3.63) is 29.8 Å². The van der Waals surface area contributed by atoms with Crippen LogP contribution in [0.25, 0.3) is 0 Å². The minimum atomic E-state index is -4.63. The summed E-state index contributed by atoms with van der Waals surface area (Å²) in [6.07, 6.45) is 1.42. The zero-order chi connectivity index (χ0) is 15.6. The molecule has 2 N–H and O–H groups in total. The average Bonchev–Trinajstić information content (AvgIpc) is 2.47. The molecule has 2 rings (SSSR count). The van der Waals surface area contributed by atoms with Gasteiger partial charge in [-0.3, -0.25) is 4.79 Å². The molecule has 0 atom stereocenters. The van der Waals surface area contributed by atoms with Gasteiger partial charge < -0.3 is 10.6 Å². The summed E-state index contributed by atoms with van der Waals surface area (Å²) in [5.41, 5.74) is 6.03. The third-order valence-corrected chi connectivity index (χ3v) is 4.89. The quantitative estimate of drug-likeness (QED) is 0.909. The van der Waals surface area contributed by atoms with Gasteiger partial charge in [0.25, 0.3) is 5.91 Å². The van der Waals surface area contributed by atoms with Gasteiger partial charge >= 0.3 is 5.76 Å². The number of hydrogen-bond acceptors (Lipinski definition) is 4. The van der Waals surface area contributed by atoms with Crippen LogP contribution in [-0.2, 0) is 9.84 Å². The Balaban J connectivity index is 2.14. The van der Waals surface area contributed by atoms with Gasteiger partial charge in [0.05, 0.1) is 4.90 Å². The van der Waals surface area contributed by atoms with Crippen molar-refractivity contribution in [2.75, 3.05) is 13.1 Å². The van der Waals surface area contributed by atoms with Crippen molar-refractivity contribution in [3.63, 3.8) is 0 Å². The maximum absolute atomic E-state index is 12.4. The van der Waals surface area contributed by atoms with E-state index in [2.05, 4.69) is 0 Å². The molecule has 0 aliphatic carbocycles. The van der Waals surface area contributed by atoms with Gasteiger partial charge in [0.2, 0.25) is 9.84 Å². The first-order chi connectivity index (χ1) is 9.82. The molecule has 0 spiro atoms. The molecule has 1 fully saturated rings. The van der Waals surface area contributed by atoms with Crippen LogP contribution in [0.1, 0.15) is 23.2 Å². The molecule has 0 radical (unpaired) electrons. The van der Waals surface area contributed by atoms with Crippen molar-refractivity contribution in [1.29, 1.82) is 0 Å². The Morgan fingerprint density at radius 2 is 1.71 bits per heavy atom. The van der Waals surface area contributed by atoms with Gasteiger partial charge in [-0.2, -0.15) is 8.78 Å². The third kappa shape index (κ3) is 3.38. The second-order valence-electron chi connectivity index (χ2n) is 4.96. The Hall–Kier alpha value is -1.54.